The highest BCUT2D eigenvalue weighted by Gasteiger charge is 2.11. The molecule has 2 N–H and O–H groups in total. The average Bonchev–Trinajstić information content (AvgIpc) is 2.83. The number of fused-ring (bicyclic) bond motifs is 1. The molecule has 0 aromatic heterocycles. The Morgan fingerprint density at radius 3 is 1.78 bits per heavy atom. The number of benzene rings is 4. The van der Waals surface area contributed by atoms with Gasteiger partial charge in [-0.05, 0) is 60.0 Å². The molecule has 0 heterocycles. The van der Waals surface area contributed by atoms with Crippen molar-refractivity contribution in [3.63, 3.8) is 0 Å². The quantitative estimate of drug-likeness (QED) is 0.347. The third kappa shape index (κ3) is 4.69. The molecule has 0 saturated heterocycles. The van der Waals surface area contributed by atoms with Gasteiger partial charge >= 0.3 is 0 Å². The highest BCUT2D eigenvalue weighted by molar-refractivity contribution is 7.91. The molecule has 0 fully saturated rings. The molecule has 0 bridgehead atoms. The predicted molar refractivity (Wildman–Crippen MR) is 121 cm³/mol. The molecule has 0 atom stereocenters. The molecule has 0 aliphatic heterocycles. The molecular weight excluding hydrogens is 428 g/mol. The molecular formula is C23H18N4O4S. The van der Waals surface area contributed by atoms with E-state index >= 15 is 0 Å². The number of hydrogen-bond donors (Lipinski definition) is 2. The summed E-state index contributed by atoms with van der Waals surface area (Å²) in [7, 11) is -3.68. The number of sulfone groups is 1. The fraction of sp³-hybridized carbons (Fsp3) is 0.0435. The third-order valence-corrected chi connectivity index (χ3v) is 5.97. The van der Waals surface area contributed by atoms with E-state index in [1.165, 1.54) is 24.3 Å². The van der Waals surface area contributed by atoms with Crippen molar-refractivity contribution in [3.8, 4) is 5.75 Å². The van der Waals surface area contributed by atoms with Gasteiger partial charge in [0.05, 0.1) is 22.0 Å². The van der Waals surface area contributed by atoms with Crippen LogP contribution >= 0.6 is 0 Å². The Bertz CT molecular complexity index is 1420. The average molecular weight is 446 g/mol. The van der Waals surface area contributed by atoms with Crippen LogP contribution in [0.5, 0.6) is 5.75 Å². The second-order valence-corrected chi connectivity index (χ2v) is 8.77. The highest BCUT2D eigenvalue weighted by atomic mass is 32.2. The number of hydrogen-bond acceptors (Lipinski definition) is 8. The summed E-state index contributed by atoms with van der Waals surface area (Å²) in [5.74, 6) is -0.895. The normalized spacial score (nSPS) is 12.2. The van der Waals surface area contributed by atoms with Crippen molar-refractivity contribution in [3.05, 3.63) is 84.9 Å². The van der Waals surface area contributed by atoms with E-state index in [1.807, 2.05) is 30.3 Å². The molecule has 0 saturated carbocycles. The zero-order valence-corrected chi connectivity index (χ0v) is 17.5. The minimum atomic E-state index is -3.68. The second-order valence-electron chi connectivity index (χ2n) is 6.81. The Morgan fingerprint density at radius 2 is 1.19 bits per heavy atom. The number of aliphatic hydroxyl groups excluding tert-OH is 1. The Hall–Kier alpha value is -3.95. The van der Waals surface area contributed by atoms with Gasteiger partial charge in [-0.15, -0.1) is 5.11 Å². The zero-order valence-electron chi connectivity index (χ0n) is 16.7. The van der Waals surface area contributed by atoms with Gasteiger partial charge in [0.1, 0.15) is 17.4 Å². The summed E-state index contributed by atoms with van der Waals surface area (Å²) in [4.78, 5) is 0.0193. The lowest BCUT2D eigenvalue weighted by Gasteiger charge is -2.03. The third-order valence-electron chi connectivity index (χ3n) is 4.64. The number of rotatable bonds is 6. The van der Waals surface area contributed by atoms with Gasteiger partial charge in [0.2, 0.25) is 9.84 Å². The van der Waals surface area contributed by atoms with Crippen LogP contribution in [0.15, 0.2) is 110 Å². The van der Waals surface area contributed by atoms with Crippen LogP contribution < -0.4 is 0 Å². The summed E-state index contributed by atoms with van der Waals surface area (Å²) in [5, 5.41) is 37.4. The van der Waals surface area contributed by atoms with Gasteiger partial charge in [0.15, 0.2) is 0 Å². The monoisotopic (exact) mass is 446 g/mol. The van der Waals surface area contributed by atoms with Crippen LogP contribution in [0, 0.1) is 0 Å². The number of phenols is 1. The van der Waals surface area contributed by atoms with Crippen molar-refractivity contribution in [2.45, 2.75) is 4.90 Å². The lowest BCUT2D eigenvalue weighted by Crippen LogP contribution is -2.04. The molecule has 9 heteroatoms. The maximum atomic E-state index is 11.6. The summed E-state index contributed by atoms with van der Waals surface area (Å²) >= 11 is 0. The first-order valence-corrected chi connectivity index (χ1v) is 11.2. The summed E-state index contributed by atoms with van der Waals surface area (Å²) in [6.07, 6.45) is 0. The molecule has 32 heavy (non-hydrogen) atoms. The Balaban J connectivity index is 1.49. The summed E-state index contributed by atoms with van der Waals surface area (Å²) in [6, 6.07) is 23.6. The number of aliphatic hydroxyl groups is 1. The van der Waals surface area contributed by atoms with E-state index < -0.39 is 15.8 Å². The molecule has 8 nitrogen and oxygen atoms in total. The molecule has 0 unspecified atom stereocenters. The molecule has 0 radical (unpaired) electrons. The fourth-order valence-corrected chi connectivity index (χ4v) is 3.65. The first-order valence-electron chi connectivity index (χ1n) is 9.54. The molecule has 4 aromatic rings. The van der Waals surface area contributed by atoms with E-state index in [1.54, 1.807) is 30.3 Å². The van der Waals surface area contributed by atoms with E-state index in [4.69, 9.17) is 5.11 Å². The zero-order chi connectivity index (χ0) is 22.6. The van der Waals surface area contributed by atoms with Crippen molar-refractivity contribution in [1.82, 2.24) is 0 Å². The van der Waals surface area contributed by atoms with E-state index in [-0.39, 0.29) is 10.6 Å². The van der Waals surface area contributed by atoms with E-state index in [0.717, 1.165) is 10.8 Å². The molecule has 0 aliphatic carbocycles. The number of phenolic OH excluding ortho intramolecular Hbond substituents is 1. The van der Waals surface area contributed by atoms with Gasteiger partial charge in [-0.1, -0.05) is 30.3 Å². The minimum Gasteiger partial charge on any atom is -0.506 e. The van der Waals surface area contributed by atoms with Gasteiger partial charge < -0.3 is 10.2 Å². The largest absolute Gasteiger partial charge is 0.506 e. The van der Waals surface area contributed by atoms with Crippen molar-refractivity contribution in [2.75, 3.05) is 5.94 Å². The van der Waals surface area contributed by atoms with Gasteiger partial charge in [-0.25, -0.2) is 8.42 Å². The van der Waals surface area contributed by atoms with Crippen molar-refractivity contribution in [2.24, 2.45) is 20.5 Å². The van der Waals surface area contributed by atoms with Gasteiger partial charge in [0.25, 0.3) is 0 Å². The Morgan fingerprint density at radius 1 is 0.656 bits per heavy atom. The molecule has 4 aromatic carbocycles. The van der Waals surface area contributed by atoms with Crippen LogP contribution in [0.25, 0.3) is 10.8 Å². The van der Waals surface area contributed by atoms with Crippen molar-refractivity contribution >= 4 is 43.4 Å². The fourth-order valence-electron chi connectivity index (χ4n) is 2.95. The second kappa shape index (κ2) is 9.04. The summed E-state index contributed by atoms with van der Waals surface area (Å²) in [6.45, 7) is 0. The Labute approximate surface area is 184 Å². The molecule has 0 aliphatic rings. The maximum absolute atomic E-state index is 11.6. The lowest BCUT2D eigenvalue weighted by molar-refractivity contribution is 0.358. The van der Waals surface area contributed by atoms with E-state index in [2.05, 4.69) is 20.5 Å². The van der Waals surface area contributed by atoms with Crippen molar-refractivity contribution < 1.29 is 18.6 Å². The number of nitrogens with zero attached hydrogens (tertiary/aromatic N) is 4. The predicted octanol–water partition coefficient (Wildman–Crippen LogP) is 6.10. The van der Waals surface area contributed by atoms with Crippen LogP contribution in [-0.4, -0.2) is 24.6 Å². The van der Waals surface area contributed by atoms with Crippen LogP contribution in [0.3, 0.4) is 0 Å². The van der Waals surface area contributed by atoms with E-state index in [9.17, 15) is 13.5 Å². The van der Waals surface area contributed by atoms with Crippen LogP contribution in [0.1, 0.15) is 0 Å². The minimum absolute atomic E-state index is 0.0193. The number of aromatic hydroxyl groups is 1. The lowest BCUT2D eigenvalue weighted by atomic mass is 10.1. The van der Waals surface area contributed by atoms with E-state index in [0.29, 0.717) is 22.7 Å². The molecule has 0 spiro atoms. The van der Waals surface area contributed by atoms with Gasteiger partial charge in [-0.2, -0.15) is 15.3 Å². The summed E-state index contributed by atoms with van der Waals surface area (Å²) < 4.78 is 23.2. The van der Waals surface area contributed by atoms with Gasteiger partial charge in [0, 0.05) is 5.39 Å². The summed E-state index contributed by atoms with van der Waals surface area (Å²) in [5.41, 5.74) is 2.02. The maximum Gasteiger partial charge on any atom is 0.202 e. The first-order chi connectivity index (χ1) is 15.5. The van der Waals surface area contributed by atoms with Crippen LogP contribution in [-0.2, 0) is 9.84 Å². The molecule has 0 amide bonds. The standard InChI is InChI=1S/C23H18N4O4S/c28-15-32(30,31)20-12-10-19(11-13-20)25-24-17-6-8-18(9-7-17)26-27-23-21-4-2-1-3-16(21)5-14-22(23)29/h1-14,28-29H,15H2. The van der Waals surface area contributed by atoms with Crippen LogP contribution in [0.4, 0.5) is 22.7 Å². The smallest absolute Gasteiger partial charge is 0.202 e. The van der Waals surface area contributed by atoms with Crippen molar-refractivity contribution in [1.29, 1.82) is 0 Å². The van der Waals surface area contributed by atoms with Gasteiger partial charge in [-0.3, -0.25) is 0 Å². The number of azo groups is 2. The van der Waals surface area contributed by atoms with Crippen LogP contribution in [0.2, 0.25) is 0 Å². The molecule has 160 valence electrons. The molecule has 4 rings (SSSR count). The Kier molecular flexibility index (Phi) is 6.02. The first kappa shape index (κ1) is 21.3. The topological polar surface area (TPSA) is 124 Å². The SMILES string of the molecule is O=S(=O)(CO)c1ccc(N=Nc2ccc(N=Nc3c(O)ccc4ccccc34)cc2)cc1. The highest BCUT2D eigenvalue weighted by Crippen LogP contribution is 2.36.